The number of hydrogen-bond acceptors (Lipinski definition) is 7. The number of fused-ring (bicyclic) bond motifs is 1. The highest BCUT2D eigenvalue weighted by atomic mass is 32.2. The second-order valence-corrected chi connectivity index (χ2v) is 8.06. The normalized spacial score (nSPS) is 18.3. The van der Waals surface area contributed by atoms with Gasteiger partial charge in [0.05, 0.1) is 25.2 Å². The highest BCUT2D eigenvalue weighted by Crippen LogP contribution is 2.34. The maximum atomic E-state index is 12.7. The molecule has 1 aromatic carbocycles. The molecule has 2 aliphatic rings. The summed E-state index contributed by atoms with van der Waals surface area (Å²) in [6.07, 6.45) is 3.43. The van der Waals surface area contributed by atoms with Crippen LogP contribution >= 0.6 is 11.8 Å². The minimum atomic E-state index is -0.665. The Morgan fingerprint density at radius 1 is 1.16 bits per heavy atom. The van der Waals surface area contributed by atoms with Gasteiger partial charge in [0.1, 0.15) is 13.1 Å². The summed E-state index contributed by atoms with van der Waals surface area (Å²) in [4.78, 5) is 51.9. The third kappa shape index (κ3) is 4.35. The summed E-state index contributed by atoms with van der Waals surface area (Å²) in [5.41, 5.74) is 1.57. The largest absolute Gasteiger partial charge is 0.468 e. The molecule has 2 aliphatic heterocycles. The number of para-hydroxylation sites is 1. The fourth-order valence-corrected chi connectivity index (χ4v) is 4.38. The summed E-state index contributed by atoms with van der Waals surface area (Å²) < 4.78 is 11.7. The fraction of sp³-hybridized carbons (Fsp3) is 0.333. The number of imide groups is 1. The van der Waals surface area contributed by atoms with Crippen LogP contribution in [0.2, 0.25) is 0 Å². The number of thioether (sulfide) groups is 1. The van der Waals surface area contributed by atoms with Crippen LogP contribution in [0.3, 0.4) is 0 Å². The molecule has 0 unspecified atom stereocenters. The van der Waals surface area contributed by atoms with E-state index in [1.165, 1.54) is 7.11 Å². The van der Waals surface area contributed by atoms with Gasteiger partial charge in [-0.2, -0.15) is 0 Å². The first-order valence-electron chi connectivity index (χ1n) is 9.73. The number of ether oxygens (including phenoxy) is 2. The van der Waals surface area contributed by atoms with E-state index < -0.39 is 23.7 Å². The molecular formula is C21H21N3O6S. The Balaban J connectivity index is 1.61. The van der Waals surface area contributed by atoms with Crippen LogP contribution in [0.1, 0.15) is 5.56 Å². The molecule has 162 valence electrons. The monoisotopic (exact) mass is 443 g/mol. The molecule has 3 heterocycles. The fourth-order valence-electron chi connectivity index (χ4n) is 3.55. The average Bonchev–Trinajstić information content (AvgIpc) is 3.26. The molecule has 1 aromatic heterocycles. The van der Waals surface area contributed by atoms with E-state index in [9.17, 15) is 19.2 Å². The molecule has 0 radical (unpaired) electrons. The van der Waals surface area contributed by atoms with E-state index in [1.54, 1.807) is 17.2 Å². The first-order valence-corrected chi connectivity index (χ1v) is 10.5. The van der Waals surface area contributed by atoms with Crippen molar-refractivity contribution in [3.8, 4) is 0 Å². The molecule has 9 nitrogen and oxygen atoms in total. The maximum absolute atomic E-state index is 12.7. The lowest BCUT2D eigenvalue weighted by molar-refractivity contribution is -0.143. The minimum absolute atomic E-state index is 0.00555. The van der Waals surface area contributed by atoms with Crippen molar-refractivity contribution in [2.45, 2.75) is 6.54 Å². The van der Waals surface area contributed by atoms with Gasteiger partial charge in [-0.25, -0.2) is 0 Å². The lowest BCUT2D eigenvalue weighted by Crippen LogP contribution is -2.42. The Hall–Kier alpha value is -3.11. The Kier molecular flexibility index (Phi) is 6.10. The standard InChI is InChI=1S/C21H21N3O6S/c1-29-19(26)13-24-20(27)17(31-21(24)28)10-14-11-23(16-5-3-2-4-15(14)16)12-18(25)22-6-8-30-9-7-22/h2-5,10-11H,6-9,12-13H2,1H3. The number of benzene rings is 1. The SMILES string of the molecule is COC(=O)CN1C(=O)SC(=Cc2cn(CC(=O)N3CCOCC3)c3ccccc23)C1=O. The number of amides is 3. The van der Waals surface area contributed by atoms with Crippen LogP contribution in [0.5, 0.6) is 0 Å². The van der Waals surface area contributed by atoms with Crippen molar-refractivity contribution in [3.63, 3.8) is 0 Å². The van der Waals surface area contributed by atoms with Crippen LogP contribution in [0.25, 0.3) is 17.0 Å². The number of rotatable bonds is 5. The number of hydrogen-bond donors (Lipinski definition) is 0. The summed E-state index contributed by atoms with van der Waals surface area (Å²) in [5, 5.41) is 0.338. The van der Waals surface area contributed by atoms with Crippen molar-refractivity contribution in [1.82, 2.24) is 14.4 Å². The smallest absolute Gasteiger partial charge is 0.325 e. The van der Waals surface area contributed by atoms with Crippen LogP contribution < -0.4 is 0 Å². The van der Waals surface area contributed by atoms with Crippen molar-refractivity contribution < 1.29 is 28.7 Å². The molecule has 0 bridgehead atoms. The van der Waals surface area contributed by atoms with Crippen LogP contribution in [-0.4, -0.2) is 77.3 Å². The van der Waals surface area contributed by atoms with E-state index in [2.05, 4.69) is 4.74 Å². The third-order valence-corrected chi connectivity index (χ3v) is 6.07. The maximum Gasteiger partial charge on any atom is 0.325 e. The predicted octanol–water partition coefficient (Wildman–Crippen LogP) is 1.71. The van der Waals surface area contributed by atoms with Gasteiger partial charge in [0.15, 0.2) is 0 Å². The lowest BCUT2D eigenvalue weighted by Gasteiger charge is -2.27. The van der Waals surface area contributed by atoms with E-state index in [4.69, 9.17) is 4.74 Å². The Morgan fingerprint density at radius 3 is 2.65 bits per heavy atom. The zero-order valence-electron chi connectivity index (χ0n) is 16.9. The van der Waals surface area contributed by atoms with Gasteiger partial charge < -0.3 is 18.9 Å². The summed E-state index contributed by atoms with van der Waals surface area (Å²) in [5.74, 6) is -1.21. The molecule has 2 saturated heterocycles. The Labute approximate surface area is 182 Å². The van der Waals surface area contributed by atoms with Gasteiger partial charge in [0.2, 0.25) is 5.91 Å². The highest BCUT2D eigenvalue weighted by Gasteiger charge is 2.36. The molecule has 0 spiro atoms. The van der Waals surface area contributed by atoms with Crippen molar-refractivity contribution in [2.75, 3.05) is 40.0 Å². The molecule has 0 atom stereocenters. The molecule has 0 N–H and O–H groups in total. The highest BCUT2D eigenvalue weighted by molar-refractivity contribution is 8.18. The Morgan fingerprint density at radius 2 is 1.90 bits per heavy atom. The van der Waals surface area contributed by atoms with Gasteiger partial charge in [0.25, 0.3) is 11.1 Å². The number of carbonyl (C=O) groups is 4. The molecule has 10 heteroatoms. The number of methoxy groups -OCH3 is 1. The second-order valence-electron chi connectivity index (χ2n) is 7.07. The lowest BCUT2D eigenvalue weighted by atomic mass is 10.1. The average molecular weight is 443 g/mol. The summed E-state index contributed by atoms with van der Waals surface area (Å²) in [7, 11) is 1.20. The van der Waals surface area contributed by atoms with E-state index in [1.807, 2.05) is 28.8 Å². The number of morpholine rings is 1. The van der Waals surface area contributed by atoms with Crippen molar-refractivity contribution >= 4 is 51.8 Å². The van der Waals surface area contributed by atoms with Crippen molar-refractivity contribution in [1.29, 1.82) is 0 Å². The number of esters is 1. The number of aromatic nitrogens is 1. The van der Waals surface area contributed by atoms with Gasteiger partial charge in [0, 0.05) is 35.8 Å². The molecule has 2 aromatic rings. The topological polar surface area (TPSA) is 98.2 Å². The summed E-state index contributed by atoms with van der Waals surface area (Å²) >= 11 is 0.776. The second kappa shape index (κ2) is 8.94. The first kappa shape index (κ1) is 21.1. The van der Waals surface area contributed by atoms with E-state index in [0.29, 0.717) is 31.9 Å². The zero-order chi connectivity index (χ0) is 22.0. The van der Waals surface area contributed by atoms with Crippen molar-refractivity contribution in [3.05, 3.63) is 40.9 Å². The van der Waals surface area contributed by atoms with Crippen LogP contribution in [0.4, 0.5) is 4.79 Å². The van der Waals surface area contributed by atoms with Gasteiger partial charge in [-0.05, 0) is 23.9 Å². The van der Waals surface area contributed by atoms with Gasteiger partial charge in [-0.1, -0.05) is 18.2 Å². The molecule has 0 saturated carbocycles. The third-order valence-electron chi connectivity index (χ3n) is 5.16. The Bertz CT molecular complexity index is 1090. The minimum Gasteiger partial charge on any atom is -0.468 e. The van der Waals surface area contributed by atoms with Crippen molar-refractivity contribution in [2.24, 2.45) is 0 Å². The van der Waals surface area contributed by atoms with E-state index in [0.717, 1.165) is 27.6 Å². The molecule has 2 fully saturated rings. The molecular weight excluding hydrogens is 422 g/mol. The molecule has 0 aliphatic carbocycles. The molecule has 31 heavy (non-hydrogen) atoms. The zero-order valence-corrected chi connectivity index (χ0v) is 17.7. The quantitative estimate of drug-likeness (QED) is 0.513. The van der Waals surface area contributed by atoms with Gasteiger partial charge in [-0.15, -0.1) is 0 Å². The van der Waals surface area contributed by atoms with Crippen LogP contribution in [0, 0.1) is 0 Å². The first-order chi connectivity index (χ1) is 15.0. The number of nitrogens with zero attached hydrogens (tertiary/aromatic N) is 3. The summed E-state index contributed by atoms with van der Waals surface area (Å²) in [6.45, 7) is 1.94. The van der Waals surface area contributed by atoms with Crippen LogP contribution in [-0.2, 0) is 30.4 Å². The van der Waals surface area contributed by atoms with E-state index in [-0.39, 0.29) is 17.4 Å². The van der Waals surface area contributed by atoms with Gasteiger partial charge in [-0.3, -0.25) is 24.1 Å². The summed E-state index contributed by atoms with van der Waals surface area (Å²) in [6, 6.07) is 7.56. The predicted molar refractivity (Wildman–Crippen MR) is 114 cm³/mol. The van der Waals surface area contributed by atoms with Gasteiger partial charge >= 0.3 is 5.97 Å². The molecule has 3 amide bonds. The number of carbonyl (C=O) groups excluding carboxylic acids is 4. The molecule has 4 rings (SSSR count). The van der Waals surface area contributed by atoms with Crippen LogP contribution in [0.15, 0.2) is 35.4 Å². The van der Waals surface area contributed by atoms with E-state index >= 15 is 0 Å².